The van der Waals surface area contributed by atoms with Gasteiger partial charge in [-0.3, -0.25) is 14.2 Å². The Bertz CT molecular complexity index is 1080. The number of carbonyl (C=O) groups excluding carboxylic acids is 1. The monoisotopic (exact) mass is 395 g/mol. The van der Waals surface area contributed by atoms with E-state index in [4.69, 9.17) is 11.6 Å². The van der Waals surface area contributed by atoms with E-state index in [1.54, 1.807) is 24.3 Å². The smallest absolute Gasteiger partial charge is 0.324 e. The van der Waals surface area contributed by atoms with Crippen LogP contribution in [0.5, 0.6) is 0 Å². The molecule has 0 aliphatic heterocycles. The number of halogens is 4. The summed E-state index contributed by atoms with van der Waals surface area (Å²) in [5.74, 6) is -0.662. The third-order valence-corrected chi connectivity index (χ3v) is 4.36. The summed E-state index contributed by atoms with van der Waals surface area (Å²) in [7, 11) is 0. The molecule has 1 atom stereocenters. The van der Waals surface area contributed by atoms with Gasteiger partial charge in [0.05, 0.1) is 27.8 Å². The maximum Gasteiger partial charge on any atom is 0.417 e. The molecule has 2 aromatic carbocycles. The van der Waals surface area contributed by atoms with Gasteiger partial charge in [0, 0.05) is 5.69 Å². The Hall–Kier alpha value is -2.87. The number of para-hydroxylation sites is 1. The summed E-state index contributed by atoms with van der Waals surface area (Å²) in [5.41, 5.74) is -1.07. The summed E-state index contributed by atoms with van der Waals surface area (Å²) in [6.07, 6.45) is -3.42. The maximum atomic E-state index is 12.9. The van der Waals surface area contributed by atoms with Gasteiger partial charge in [0.1, 0.15) is 6.04 Å². The molecule has 0 saturated heterocycles. The number of rotatable bonds is 3. The highest BCUT2D eigenvalue weighted by Crippen LogP contribution is 2.36. The van der Waals surface area contributed by atoms with Gasteiger partial charge in [-0.1, -0.05) is 23.7 Å². The Balaban J connectivity index is 1.89. The van der Waals surface area contributed by atoms with Crippen LogP contribution < -0.4 is 10.9 Å². The van der Waals surface area contributed by atoms with Crippen molar-refractivity contribution in [2.45, 2.75) is 19.1 Å². The van der Waals surface area contributed by atoms with Gasteiger partial charge in [-0.2, -0.15) is 13.2 Å². The lowest BCUT2D eigenvalue weighted by atomic mass is 10.2. The van der Waals surface area contributed by atoms with Crippen LogP contribution in [-0.2, 0) is 11.0 Å². The fourth-order valence-electron chi connectivity index (χ4n) is 2.55. The van der Waals surface area contributed by atoms with Crippen molar-refractivity contribution in [3.63, 3.8) is 0 Å². The van der Waals surface area contributed by atoms with Gasteiger partial charge < -0.3 is 5.32 Å². The first-order chi connectivity index (χ1) is 12.7. The summed E-state index contributed by atoms with van der Waals surface area (Å²) in [5, 5.41) is 2.24. The van der Waals surface area contributed by atoms with E-state index in [1.807, 2.05) is 0 Å². The lowest BCUT2D eigenvalue weighted by molar-refractivity contribution is -0.137. The summed E-state index contributed by atoms with van der Waals surface area (Å²) >= 11 is 5.57. The van der Waals surface area contributed by atoms with Gasteiger partial charge in [-0.15, -0.1) is 0 Å². The minimum atomic E-state index is -4.65. The van der Waals surface area contributed by atoms with Crippen LogP contribution in [0.25, 0.3) is 10.9 Å². The number of anilines is 1. The zero-order valence-corrected chi connectivity index (χ0v) is 14.7. The highest BCUT2D eigenvalue weighted by molar-refractivity contribution is 6.31. The Morgan fingerprint density at radius 1 is 1.22 bits per heavy atom. The quantitative estimate of drug-likeness (QED) is 0.720. The second kappa shape index (κ2) is 7.03. The van der Waals surface area contributed by atoms with Crippen LogP contribution >= 0.6 is 11.6 Å². The minimum absolute atomic E-state index is 0.0784. The minimum Gasteiger partial charge on any atom is -0.324 e. The van der Waals surface area contributed by atoms with Crippen molar-refractivity contribution in [1.82, 2.24) is 9.55 Å². The molecule has 1 aromatic heterocycles. The van der Waals surface area contributed by atoms with Gasteiger partial charge in [-0.25, -0.2) is 4.98 Å². The molecule has 0 radical (unpaired) electrons. The number of carbonyl (C=O) groups is 1. The molecular formula is C18H13ClF3N3O2. The topological polar surface area (TPSA) is 64.0 Å². The largest absolute Gasteiger partial charge is 0.417 e. The Kier molecular flexibility index (Phi) is 4.93. The molecule has 0 aliphatic rings. The first kappa shape index (κ1) is 18.9. The van der Waals surface area contributed by atoms with Crippen LogP contribution in [0.1, 0.15) is 18.5 Å². The van der Waals surface area contributed by atoms with Gasteiger partial charge in [0.25, 0.3) is 5.56 Å². The number of hydrogen-bond donors (Lipinski definition) is 1. The molecule has 9 heteroatoms. The van der Waals surface area contributed by atoms with Gasteiger partial charge in [0.15, 0.2) is 0 Å². The highest BCUT2D eigenvalue weighted by Gasteiger charge is 2.33. The number of amides is 1. The van der Waals surface area contributed by atoms with Crippen molar-refractivity contribution in [3.05, 3.63) is 69.7 Å². The zero-order chi connectivity index (χ0) is 19.8. The predicted octanol–water partition coefficient (Wildman–Crippen LogP) is 4.27. The highest BCUT2D eigenvalue weighted by atomic mass is 35.5. The number of benzene rings is 2. The van der Waals surface area contributed by atoms with Crippen molar-refractivity contribution in [3.8, 4) is 0 Å². The van der Waals surface area contributed by atoms with E-state index in [2.05, 4.69) is 10.3 Å². The molecule has 0 unspecified atom stereocenters. The lowest BCUT2D eigenvalue weighted by Crippen LogP contribution is -2.31. The Labute approximate surface area is 156 Å². The molecule has 1 heterocycles. The molecule has 1 amide bonds. The van der Waals surface area contributed by atoms with Crippen LogP contribution in [-0.4, -0.2) is 15.5 Å². The number of hydrogen-bond acceptors (Lipinski definition) is 3. The van der Waals surface area contributed by atoms with Gasteiger partial charge >= 0.3 is 6.18 Å². The molecule has 0 bridgehead atoms. The first-order valence-corrected chi connectivity index (χ1v) is 8.20. The Morgan fingerprint density at radius 3 is 2.63 bits per heavy atom. The Morgan fingerprint density at radius 2 is 1.93 bits per heavy atom. The van der Waals surface area contributed by atoms with Gasteiger partial charge in [-0.05, 0) is 37.3 Å². The van der Waals surface area contributed by atoms with Crippen LogP contribution in [0.4, 0.5) is 18.9 Å². The van der Waals surface area contributed by atoms with E-state index in [0.717, 1.165) is 16.7 Å². The molecule has 0 saturated carbocycles. The molecule has 140 valence electrons. The molecule has 0 spiro atoms. The number of nitrogens with zero attached hydrogens (tertiary/aromatic N) is 2. The zero-order valence-electron chi connectivity index (χ0n) is 13.9. The second-order valence-electron chi connectivity index (χ2n) is 5.83. The fourth-order valence-corrected chi connectivity index (χ4v) is 2.78. The number of alkyl halides is 3. The summed E-state index contributed by atoms with van der Waals surface area (Å²) in [6.45, 7) is 1.45. The molecule has 3 aromatic rings. The number of nitrogens with one attached hydrogen (secondary N) is 1. The molecule has 1 N–H and O–H groups in total. The van der Waals surface area contributed by atoms with E-state index in [1.165, 1.54) is 19.3 Å². The third-order valence-electron chi connectivity index (χ3n) is 4.03. The summed E-state index contributed by atoms with van der Waals surface area (Å²) in [4.78, 5) is 29.1. The second-order valence-corrected chi connectivity index (χ2v) is 6.24. The van der Waals surface area contributed by atoms with Crippen molar-refractivity contribution in [1.29, 1.82) is 0 Å². The van der Waals surface area contributed by atoms with Crippen LogP contribution in [0.3, 0.4) is 0 Å². The van der Waals surface area contributed by atoms with Gasteiger partial charge in [0.2, 0.25) is 5.91 Å². The maximum absolute atomic E-state index is 12.9. The fraction of sp³-hybridized carbons (Fsp3) is 0.167. The first-order valence-electron chi connectivity index (χ1n) is 7.82. The standard InChI is InChI=1S/C18H13ClF3N3O2/c1-10(25-9-23-15-5-3-2-4-12(15)17(25)27)16(26)24-11-6-7-14(19)13(8-11)18(20,21)22/h2-10H,1H3,(H,24,26)/t10-/m0/s1. The average Bonchev–Trinajstić information content (AvgIpc) is 2.62. The molecule has 5 nitrogen and oxygen atoms in total. The van der Waals surface area contributed by atoms with E-state index >= 15 is 0 Å². The molecule has 27 heavy (non-hydrogen) atoms. The van der Waals surface area contributed by atoms with Crippen LogP contribution in [0, 0.1) is 0 Å². The molecule has 0 fully saturated rings. The van der Waals surface area contributed by atoms with Crippen LogP contribution in [0.2, 0.25) is 5.02 Å². The van der Waals surface area contributed by atoms with Crippen molar-refractivity contribution < 1.29 is 18.0 Å². The van der Waals surface area contributed by atoms with E-state index in [9.17, 15) is 22.8 Å². The van der Waals surface area contributed by atoms with Crippen molar-refractivity contribution >= 4 is 34.1 Å². The van der Waals surface area contributed by atoms with Crippen LogP contribution in [0.15, 0.2) is 53.6 Å². The normalized spacial score (nSPS) is 12.8. The van der Waals surface area contributed by atoms with Crippen molar-refractivity contribution in [2.24, 2.45) is 0 Å². The predicted molar refractivity (Wildman–Crippen MR) is 95.8 cm³/mol. The number of aromatic nitrogens is 2. The average molecular weight is 396 g/mol. The third kappa shape index (κ3) is 3.80. The van der Waals surface area contributed by atoms with E-state index in [-0.39, 0.29) is 5.69 Å². The molecular weight excluding hydrogens is 383 g/mol. The number of fused-ring (bicyclic) bond motifs is 1. The molecule has 3 rings (SSSR count). The van der Waals surface area contributed by atoms with Crippen molar-refractivity contribution in [2.75, 3.05) is 5.32 Å². The van der Waals surface area contributed by atoms with E-state index < -0.39 is 34.3 Å². The molecule has 0 aliphatic carbocycles. The van der Waals surface area contributed by atoms with E-state index in [0.29, 0.717) is 10.9 Å². The summed E-state index contributed by atoms with van der Waals surface area (Å²) < 4.78 is 39.9. The lowest BCUT2D eigenvalue weighted by Gasteiger charge is -2.16. The summed E-state index contributed by atoms with van der Waals surface area (Å²) in [6, 6.07) is 8.71. The SMILES string of the molecule is C[C@@H](C(=O)Nc1ccc(Cl)c(C(F)(F)F)c1)n1cnc2ccccc2c1=O.